The summed E-state index contributed by atoms with van der Waals surface area (Å²) in [6, 6.07) is 19.6. The van der Waals surface area contributed by atoms with Crippen molar-refractivity contribution in [1.29, 1.82) is 5.41 Å². The molecule has 0 aliphatic carbocycles. The van der Waals surface area contributed by atoms with E-state index in [4.69, 9.17) is 19.6 Å². The molecule has 0 fully saturated rings. The summed E-state index contributed by atoms with van der Waals surface area (Å²) >= 11 is 1.28. The van der Waals surface area contributed by atoms with E-state index >= 15 is 0 Å². The lowest BCUT2D eigenvalue weighted by atomic mass is 10.0. The number of benzene rings is 3. The lowest BCUT2D eigenvalue weighted by Crippen LogP contribution is -2.35. The normalized spacial score (nSPS) is 15.6. The number of carbonyl (C=O) groups is 1. The minimum absolute atomic E-state index is 0.0213. The van der Waals surface area contributed by atoms with Gasteiger partial charge in [0.2, 0.25) is 5.17 Å². The highest BCUT2D eigenvalue weighted by molar-refractivity contribution is 8.27. The first-order chi connectivity index (χ1) is 20.2. The Hall–Kier alpha value is -4.37. The minimum atomic E-state index is -0.480. The summed E-state index contributed by atoms with van der Waals surface area (Å²) in [6.07, 6.45) is 1.63. The molecule has 3 aromatic carbocycles. The van der Waals surface area contributed by atoms with Gasteiger partial charge in [-0.2, -0.15) is 15.1 Å². The van der Waals surface area contributed by atoms with Crippen LogP contribution in [0, 0.1) is 19.3 Å². The van der Waals surface area contributed by atoms with Crippen LogP contribution in [0.2, 0.25) is 0 Å². The predicted molar refractivity (Wildman–Crippen MR) is 169 cm³/mol. The maximum atomic E-state index is 12.9. The Bertz CT molecular complexity index is 1610. The van der Waals surface area contributed by atoms with Crippen molar-refractivity contribution in [1.82, 2.24) is 5.01 Å². The second-order valence-corrected chi connectivity index (χ2v) is 11.3. The molecule has 0 saturated heterocycles. The van der Waals surface area contributed by atoms with Gasteiger partial charge in [-0.3, -0.25) is 10.2 Å². The summed E-state index contributed by atoms with van der Waals surface area (Å²) in [4.78, 5) is 17.2. The molecule has 3 aromatic rings. The van der Waals surface area contributed by atoms with Crippen molar-refractivity contribution in [2.75, 3.05) is 19.8 Å². The van der Waals surface area contributed by atoms with Crippen LogP contribution in [0.3, 0.4) is 0 Å². The van der Waals surface area contributed by atoms with Crippen LogP contribution >= 0.6 is 11.8 Å². The largest absolute Gasteiger partial charge is 0.490 e. The van der Waals surface area contributed by atoms with Crippen molar-refractivity contribution < 1.29 is 19.0 Å². The van der Waals surface area contributed by atoms with Gasteiger partial charge in [0, 0.05) is 5.56 Å². The molecule has 5 rings (SSSR count). The second kappa shape index (κ2) is 12.7. The third-order valence-electron chi connectivity index (χ3n) is 6.72. The molecule has 1 amide bonds. The van der Waals surface area contributed by atoms with Crippen LogP contribution in [-0.4, -0.2) is 46.8 Å². The summed E-state index contributed by atoms with van der Waals surface area (Å²) in [5.41, 5.74) is 5.20. The number of nitrogens with zero attached hydrogens (tertiary/aromatic N) is 3. The molecule has 0 saturated carbocycles. The van der Waals surface area contributed by atoms with Gasteiger partial charge in [-0.15, -0.1) is 0 Å². The lowest BCUT2D eigenvalue weighted by Gasteiger charge is -2.20. The zero-order chi connectivity index (χ0) is 29.8. The Morgan fingerprint density at radius 3 is 2.33 bits per heavy atom. The van der Waals surface area contributed by atoms with E-state index in [-0.39, 0.29) is 11.4 Å². The number of fused-ring (bicyclic) bond motifs is 1. The molecule has 0 unspecified atom stereocenters. The van der Waals surface area contributed by atoms with Gasteiger partial charge >= 0.3 is 0 Å². The van der Waals surface area contributed by atoms with Crippen molar-refractivity contribution in [3.63, 3.8) is 0 Å². The number of amidine groups is 2. The Labute approximate surface area is 250 Å². The Morgan fingerprint density at radius 1 is 0.905 bits per heavy atom. The maximum Gasteiger partial charge on any atom is 0.283 e. The number of hydrogen-bond acceptors (Lipinski definition) is 7. The van der Waals surface area contributed by atoms with E-state index in [1.54, 1.807) is 18.2 Å². The van der Waals surface area contributed by atoms with E-state index in [2.05, 4.69) is 42.1 Å². The lowest BCUT2D eigenvalue weighted by molar-refractivity contribution is -0.114. The van der Waals surface area contributed by atoms with Gasteiger partial charge in [-0.05, 0) is 79.4 Å². The fourth-order valence-corrected chi connectivity index (χ4v) is 5.42. The molecule has 216 valence electrons. The summed E-state index contributed by atoms with van der Waals surface area (Å²) in [6.45, 7) is 11.4. The minimum Gasteiger partial charge on any atom is -0.490 e. The van der Waals surface area contributed by atoms with Gasteiger partial charge in [-0.1, -0.05) is 61.9 Å². The number of aryl methyl sites for hydroxylation is 2. The van der Waals surface area contributed by atoms with Gasteiger partial charge in [-0.25, -0.2) is 0 Å². The molecule has 1 N–H and O–H groups in total. The SMILES string of the molecule is CCOc1cc(C=C2C(=N)N3N=C(c4ccc(C)cc4)SC3=NC2=O)ccc1OCCOc1cc(C)ccc1C(C)C. The number of rotatable bonds is 10. The van der Waals surface area contributed by atoms with Crippen molar-refractivity contribution in [2.45, 2.75) is 40.5 Å². The number of thioether (sulfide) groups is 1. The second-order valence-electron chi connectivity index (χ2n) is 10.3. The molecular weight excluding hydrogens is 548 g/mol. The van der Waals surface area contributed by atoms with Gasteiger partial charge in [0.05, 0.1) is 12.2 Å². The Kier molecular flexibility index (Phi) is 8.77. The van der Waals surface area contributed by atoms with E-state index in [0.717, 1.165) is 28.0 Å². The molecule has 0 spiro atoms. The summed E-state index contributed by atoms with van der Waals surface area (Å²) in [7, 11) is 0. The highest BCUT2D eigenvalue weighted by atomic mass is 32.2. The van der Waals surface area contributed by atoms with Gasteiger partial charge in [0.1, 0.15) is 24.0 Å². The standard InChI is InChI=1S/C33H34N4O4S/c1-6-39-29-19-23(10-14-27(29)40-15-16-41-28-17-22(5)9-13-25(28)20(2)3)18-26-30(34)37-33(35-31(26)38)42-32(36-37)24-11-7-21(4)8-12-24/h7-14,17-20,34H,6,15-16H2,1-5H3. The first-order valence-corrected chi connectivity index (χ1v) is 14.8. The Balaban J connectivity index is 1.29. The molecule has 2 aliphatic rings. The third kappa shape index (κ3) is 6.41. The van der Waals surface area contributed by atoms with Crippen LogP contribution in [0.4, 0.5) is 0 Å². The number of carbonyl (C=O) groups excluding carboxylic acids is 1. The van der Waals surface area contributed by atoms with Crippen LogP contribution < -0.4 is 14.2 Å². The maximum absolute atomic E-state index is 12.9. The monoisotopic (exact) mass is 582 g/mol. The van der Waals surface area contributed by atoms with E-state index < -0.39 is 5.91 Å². The molecule has 42 heavy (non-hydrogen) atoms. The molecule has 0 atom stereocenters. The third-order valence-corrected chi connectivity index (χ3v) is 7.68. The zero-order valence-corrected chi connectivity index (χ0v) is 25.2. The highest BCUT2D eigenvalue weighted by Crippen LogP contribution is 2.33. The van der Waals surface area contributed by atoms with E-state index in [0.29, 0.717) is 53.0 Å². The molecule has 2 heterocycles. The van der Waals surface area contributed by atoms with Crippen molar-refractivity contribution in [2.24, 2.45) is 10.1 Å². The fraction of sp³-hybridized carbons (Fsp3) is 0.273. The van der Waals surface area contributed by atoms with Gasteiger partial charge < -0.3 is 14.2 Å². The number of aliphatic imine (C=N–C) groups is 1. The average Bonchev–Trinajstić information content (AvgIpc) is 3.39. The first kappa shape index (κ1) is 29.1. The fourth-order valence-electron chi connectivity index (χ4n) is 4.52. The first-order valence-electron chi connectivity index (χ1n) is 13.9. The number of ether oxygens (including phenoxy) is 3. The predicted octanol–water partition coefficient (Wildman–Crippen LogP) is 6.95. The molecule has 9 heteroatoms. The molecule has 0 aromatic heterocycles. The van der Waals surface area contributed by atoms with Crippen molar-refractivity contribution >= 4 is 39.8 Å². The number of nitrogens with one attached hydrogen (secondary N) is 1. The van der Waals surface area contributed by atoms with E-state index in [1.807, 2.05) is 51.1 Å². The highest BCUT2D eigenvalue weighted by Gasteiger charge is 2.36. The number of hydrogen-bond donors (Lipinski definition) is 1. The van der Waals surface area contributed by atoms with Crippen molar-refractivity contribution in [3.8, 4) is 17.2 Å². The van der Waals surface area contributed by atoms with Crippen LogP contribution in [-0.2, 0) is 4.79 Å². The molecule has 8 nitrogen and oxygen atoms in total. The smallest absolute Gasteiger partial charge is 0.283 e. The molecule has 0 radical (unpaired) electrons. The molecule has 2 aliphatic heterocycles. The van der Waals surface area contributed by atoms with Crippen molar-refractivity contribution in [3.05, 3.63) is 94.1 Å². The van der Waals surface area contributed by atoms with Crippen LogP contribution in [0.5, 0.6) is 17.2 Å². The van der Waals surface area contributed by atoms with E-state index in [9.17, 15) is 4.79 Å². The number of amides is 1. The topological polar surface area (TPSA) is 96.6 Å². The summed E-state index contributed by atoms with van der Waals surface area (Å²) in [5.74, 6) is 1.84. The molecular formula is C33H34N4O4S. The summed E-state index contributed by atoms with van der Waals surface area (Å²) < 4.78 is 17.9. The zero-order valence-electron chi connectivity index (χ0n) is 24.4. The van der Waals surface area contributed by atoms with Gasteiger partial charge in [0.15, 0.2) is 17.3 Å². The Morgan fingerprint density at radius 2 is 1.62 bits per heavy atom. The van der Waals surface area contributed by atoms with E-state index in [1.165, 1.54) is 16.8 Å². The van der Waals surface area contributed by atoms with Crippen LogP contribution in [0.1, 0.15) is 54.5 Å². The molecule has 0 bridgehead atoms. The van der Waals surface area contributed by atoms with Crippen LogP contribution in [0.15, 0.2) is 76.3 Å². The number of hydrazone groups is 1. The van der Waals surface area contributed by atoms with Gasteiger partial charge in [0.25, 0.3) is 5.91 Å². The average molecular weight is 583 g/mol. The summed E-state index contributed by atoms with van der Waals surface area (Å²) in [5, 5.41) is 15.8. The van der Waals surface area contributed by atoms with Crippen LogP contribution in [0.25, 0.3) is 6.08 Å². The quantitative estimate of drug-likeness (QED) is 0.205.